The molecule has 0 aliphatic carbocycles. The standard InChI is InChI=1S/C11H7F3N2O/c1-17-10-8(4-5-15)7(6-16)2-3-9(10)11(12,13)14/h2-3H,4H2,1H3. The quantitative estimate of drug-likeness (QED) is 0.798. The second-order valence-corrected chi connectivity index (χ2v) is 3.12. The lowest BCUT2D eigenvalue weighted by molar-refractivity contribution is -0.138. The van der Waals surface area contributed by atoms with E-state index in [1.54, 1.807) is 12.1 Å². The van der Waals surface area contributed by atoms with E-state index in [9.17, 15) is 13.2 Å². The van der Waals surface area contributed by atoms with Crippen LogP contribution in [0.2, 0.25) is 0 Å². The lowest BCUT2D eigenvalue weighted by atomic mass is 10.0. The van der Waals surface area contributed by atoms with Gasteiger partial charge in [0.2, 0.25) is 0 Å². The lowest BCUT2D eigenvalue weighted by Crippen LogP contribution is -2.10. The molecule has 1 rings (SSSR count). The lowest BCUT2D eigenvalue weighted by Gasteiger charge is -2.15. The van der Waals surface area contributed by atoms with Gasteiger partial charge in [-0.15, -0.1) is 0 Å². The number of ether oxygens (including phenoxy) is 1. The van der Waals surface area contributed by atoms with Crippen LogP contribution in [-0.4, -0.2) is 7.11 Å². The van der Waals surface area contributed by atoms with Gasteiger partial charge >= 0.3 is 6.18 Å². The number of hydrogen-bond acceptors (Lipinski definition) is 3. The van der Waals surface area contributed by atoms with Gasteiger partial charge in [0.1, 0.15) is 5.75 Å². The topological polar surface area (TPSA) is 56.8 Å². The van der Waals surface area contributed by atoms with Gasteiger partial charge in [0, 0.05) is 5.56 Å². The van der Waals surface area contributed by atoms with E-state index in [0.717, 1.165) is 19.2 Å². The molecule has 0 heterocycles. The van der Waals surface area contributed by atoms with E-state index in [2.05, 4.69) is 4.74 Å². The Morgan fingerprint density at radius 2 is 1.94 bits per heavy atom. The minimum absolute atomic E-state index is 0.0106. The largest absolute Gasteiger partial charge is 0.496 e. The number of alkyl halides is 3. The summed E-state index contributed by atoms with van der Waals surface area (Å²) in [6, 6.07) is 5.26. The third-order valence-electron chi connectivity index (χ3n) is 2.15. The third kappa shape index (κ3) is 2.48. The molecule has 0 aromatic heterocycles. The summed E-state index contributed by atoms with van der Waals surface area (Å²) in [5, 5.41) is 17.3. The van der Waals surface area contributed by atoms with Crippen molar-refractivity contribution in [2.75, 3.05) is 7.11 Å². The minimum atomic E-state index is -4.58. The molecule has 0 saturated carbocycles. The Bertz CT molecular complexity index is 509. The van der Waals surface area contributed by atoms with Gasteiger partial charge in [0.25, 0.3) is 0 Å². The van der Waals surface area contributed by atoms with Crippen molar-refractivity contribution in [3.63, 3.8) is 0 Å². The number of halogens is 3. The zero-order valence-corrected chi connectivity index (χ0v) is 8.80. The maximum atomic E-state index is 12.6. The summed E-state index contributed by atoms with van der Waals surface area (Å²) >= 11 is 0. The Morgan fingerprint density at radius 1 is 1.29 bits per heavy atom. The molecule has 1 aromatic rings. The summed E-state index contributed by atoms with van der Waals surface area (Å²) in [7, 11) is 1.08. The fraction of sp³-hybridized carbons (Fsp3) is 0.273. The molecule has 0 spiro atoms. The Hall–Kier alpha value is -2.21. The second kappa shape index (κ2) is 4.75. The highest BCUT2D eigenvalue weighted by Crippen LogP contribution is 2.39. The molecule has 0 saturated heterocycles. The maximum absolute atomic E-state index is 12.6. The summed E-state index contributed by atoms with van der Waals surface area (Å²) in [5.74, 6) is -0.460. The number of hydrogen-bond donors (Lipinski definition) is 0. The SMILES string of the molecule is COc1c(C(F)(F)F)ccc(C#N)c1CC#N. The fourth-order valence-corrected chi connectivity index (χ4v) is 1.44. The fourth-order valence-electron chi connectivity index (χ4n) is 1.44. The Kier molecular flexibility index (Phi) is 3.59. The summed E-state index contributed by atoms with van der Waals surface area (Å²) in [6.45, 7) is 0. The van der Waals surface area contributed by atoms with Crippen molar-refractivity contribution in [1.29, 1.82) is 10.5 Å². The normalized spacial score (nSPS) is 10.5. The molecule has 0 amide bonds. The monoisotopic (exact) mass is 240 g/mol. The van der Waals surface area contributed by atoms with Crippen molar-refractivity contribution in [1.82, 2.24) is 0 Å². The smallest absolute Gasteiger partial charge is 0.419 e. The summed E-state index contributed by atoms with van der Waals surface area (Å²) in [5.41, 5.74) is -1.01. The highest BCUT2D eigenvalue weighted by molar-refractivity contribution is 5.53. The molecule has 0 fully saturated rings. The van der Waals surface area contributed by atoms with Crippen molar-refractivity contribution in [3.8, 4) is 17.9 Å². The van der Waals surface area contributed by atoms with Crippen LogP contribution in [0.15, 0.2) is 12.1 Å². The molecule has 0 radical (unpaired) electrons. The van der Waals surface area contributed by atoms with E-state index >= 15 is 0 Å². The minimum Gasteiger partial charge on any atom is -0.496 e. The molecular formula is C11H7F3N2O. The van der Waals surface area contributed by atoms with Gasteiger partial charge in [-0.05, 0) is 12.1 Å². The molecule has 0 aliphatic rings. The van der Waals surface area contributed by atoms with Crippen molar-refractivity contribution in [2.24, 2.45) is 0 Å². The molecule has 0 unspecified atom stereocenters. The first-order chi connectivity index (χ1) is 7.95. The first-order valence-corrected chi connectivity index (χ1v) is 4.49. The van der Waals surface area contributed by atoms with E-state index in [1.165, 1.54) is 0 Å². The van der Waals surface area contributed by atoms with Gasteiger partial charge in [-0.2, -0.15) is 23.7 Å². The van der Waals surface area contributed by atoms with E-state index in [-0.39, 0.29) is 17.5 Å². The molecule has 1 aromatic carbocycles. The summed E-state index contributed by atoms with van der Waals surface area (Å²) in [4.78, 5) is 0. The van der Waals surface area contributed by atoms with Gasteiger partial charge in [-0.1, -0.05) is 0 Å². The Balaban J connectivity index is 3.54. The summed E-state index contributed by atoms with van der Waals surface area (Å²) < 4.78 is 42.6. The van der Waals surface area contributed by atoms with Gasteiger partial charge in [-0.25, -0.2) is 0 Å². The van der Waals surface area contributed by atoms with Gasteiger partial charge in [0.15, 0.2) is 0 Å². The predicted octanol–water partition coefficient (Wildman–Crippen LogP) is 2.65. The summed E-state index contributed by atoms with van der Waals surface area (Å²) in [6.07, 6.45) is -4.89. The van der Waals surface area contributed by atoms with Crippen LogP contribution in [0, 0.1) is 22.7 Å². The maximum Gasteiger partial charge on any atom is 0.419 e. The van der Waals surface area contributed by atoms with Gasteiger partial charge in [0.05, 0.1) is 36.8 Å². The van der Waals surface area contributed by atoms with E-state index < -0.39 is 17.5 Å². The van der Waals surface area contributed by atoms with Gasteiger partial charge in [-0.3, -0.25) is 0 Å². The number of nitrogens with zero attached hydrogens (tertiary/aromatic N) is 2. The van der Waals surface area contributed by atoms with Gasteiger partial charge < -0.3 is 4.74 Å². The van der Waals surface area contributed by atoms with Crippen LogP contribution in [0.25, 0.3) is 0 Å². The molecule has 17 heavy (non-hydrogen) atoms. The Labute approximate surface area is 95.7 Å². The molecule has 0 atom stereocenters. The van der Waals surface area contributed by atoms with Crippen LogP contribution in [0.1, 0.15) is 16.7 Å². The zero-order chi connectivity index (χ0) is 13.1. The first-order valence-electron chi connectivity index (χ1n) is 4.49. The van der Waals surface area contributed by atoms with Crippen LogP contribution in [-0.2, 0) is 12.6 Å². The van der Waals surface area contributed by atoms with E-state index in [1.807, 2.05) is 0 Å². The van der Waals surface area contributed by atoms with E-state index in [0.29, 0.717) is 0 Å². The third-order valence-corrected chi connectivity index (χ3v) is 2.15. The predicted molar refractivity (Wildman–Crippen MR) is 52.0 cm³/mol. The highest BCUT2D eigenvalue weighted by Gasteiger charge is 2.35. The number of rotatable bonds is 2. The molecule has 88 valence electrons. The number of nitriles is 2. The van der Waals surface area contributed by atoms with Crippen LogP contribution in [0.3, 0.4) is 0 Å². The molecule has 0 aliphatic heterocycles. The molecular weight excluding hydrogens is 233 g/mol. The van der Waals surface area contributed by atoms with Crippen LogP contribution < -0.4 is 4.74 Å². The molecule has 0 bridgehead atoms. The van der Waals surface area contributed by atoms with Crippen LogP contribution >= 0.6 is 0 Å². The average molecular weight is 240 g/mol. The first kappa shape index (κ1) is 12.9. The molecule has 0 N–H and O–H groups in total. The van der Waals surface area contributed by atoms with Crippen molar-refractivity contribution in [3.05, 3.63) is 28.8 Å². The van der Waals surface area contributed by atoms with Crippen molar-refractivity contribution < 1.29 is 17.9 Å². The van der Waals surface area contributed by atoms with Crippen LogP contribution in [0.4, 0.5) is 13.2 Å². The molecule has 6 heteroatoms. The van der Waals surface area contributed by atoms with Crippen molar-refractivity contribution >= 4 is 0 Å². The molecule has 3 nitrogen and oxygen atoms in total. The number of methoxy groups -OCH3 is 1. The highest BCUT2D eigenvalue weighted by atomic mass is 19.4. The van der Waals surface area contributed by atoms with E-state index in [4.69, 9.17) is 10.5 Å². The average Bonchev–Trinajstić information content (AvgIpc) is 2.27. The Morgan fingerprint density at radius 3 is 2.35 bits per heavy atom. The van der Waals surface area contributed by atoms with Crippen LogP contribution in [0.5, 0.6) is 5.75 Å². The van der Waals surface area contributed by atoms with Crippen molar-refractivity contribution in [2.45, 2.75) is 12.6 Å². The second-order valence-electron chi connectivity index (χ2n) is 3.12. The number of benzene rings is 1. The zero-order valence-electron chi connectivity index (χ0n) is 8.80.